The Hall–Kier alpha value is -1.99. The van der Waals surface area contributed by atoms with Gasteiger partial charge in [-0.25, -0.2) is 0 Å². The molecule has 3 aromatic rings. The molecule has 0 bridgehead atoms. The molecule has 1 atom stereocenters. The number of aromatic nitrogens is 2. The fourth-order valence-electron chi connectivity index (χ4n) is 2.97. The molecule has 1 aliphatic rings. The maximum Gasteiger partial charge on any atom is 0.232 e. The normalized spacial score (nSPS) is 17.4. The SMILES string of the molecule is O=C1CC(c2nc(-c3ccc(Br)cc3)no2)CN1CCc1cccs1. The summed E-state index contributed by atoms with van der Waals surface area (Å²) in [6.07, 6.45) is 1.33. The summed E-state index contributed by atoms with van der Waals surface area (Å²) >= 11 is 5.14. The highest BCUT2D eigenvalue weighted by Gasteiger charge is 2.34. The first kappa shape index (κ1) is 16.5. The fourth-order valence-corrected chi connectivity index (χ4v) is 3.93. The van der Waals surface area contributed by atoms with E-state index in [9.17, 15) is 4.79 Å². The first-order valence-corrected chi connectivity index (χ1v) is 9.76. The lowest BCUT2D eigenvalue weighted by Crippen LogP contribution is -2.27. The van der Waals surface area contributed by atoms with Gasteiger partial charge in [-0.3, -0.25) is 4.79 Å². The van der Waals surface area contributed by atoms with Gasteiger partial charge in [-0.2, -0.15) is 4.98 Å². The third kappa shape index (κ3) is 3.67. The van der Waals surface area contributed by atoms with E-state index >= 15 is 0 Å². The molecule has 3 heterocycles. The van der Waals surface area contributed by atoms with Crippen molar-refractivity contribution >= 4 is 33.2 Å². The molecule has 1 fully saturated rings. The molecule has 5 nitrogen and oxygen atoms in total. The van der Waals surface area contributed by atoms with Crippen molar-refractivity contribution in [3.63, 3.8) is 0 Å². The number of carbonyl (C=O) groups is 1. The van der Waals surface area contributed by atoms with Crippen LogP contribution in [0.25, 0.3) is 11.4 Å². The van der Waals surface area contributed by atoms with Crippen LogP contribution in [0.15, 0.2) is 50.8 Å². The van der Waals surface area contributed by atoms with E-state index in [1.807, 2.05) is 35.2 Å². The highest BCUT2D eigenvalue weighted by atomic mass is 79.9. The zero-order valence-corrected chi connectivity index (χ0v) is 15.8. The van der Waals surface area contributed by atoms with Crippen LogP contribution in [-0.2, 0) is 11.2 Å². The number of hydrogen-bond donors (Lipinski definition) is 0. The molecular formula is C18H16BrN3O2S. The molecule has 128 valence electrons. The molecule has 2 aromatic heterocycles. The Balaban J connectivity index is 1.42. The lowest BCUT2D eigenvalue weighted by Gasteiger charge is -2.15. The standard InChI is InChI=1S/C18H16BrN3O2S/c19-14-5-3-12(4-6-14)17-20-18(24-21-17)13-10-16(23)22(11-13)8-7-15-2-1-9-25-15/h1-6,9,13H,7-8,10-11H2. The Labute approximate surface area is 157 Å². The summed E-state index contributed by atoms with van der Waals surface area (Å²) in [5, 5.41) is 6.13. The number of rotatable bonds is 5. The average molecular weight is 418 g/mol. The maximum absolute atomic E-state index is 12.3. The van der Waals surface area contributed by atoms with Gasteiger partial charge in [0.25, 0.3) is 0 Å². The van der Waals surface area contributed by atoms with Gasteiger partial charge in [0.1, 0.15) is 0 Å². The van der Waals surface area contributed by atoms with Crippen LogP contribution in [-0.4, -0.2) is 34.0 Å². The highest BCUT2D eigenvalue weighted by Crippen LogP contribution is 2.29. The van der Waals surface area contributed by atoms with Gasteiger partial charge >= 0.3 is 0 Å². The number of hydrogen-bond acceptors (Lipinski definition) is 5. The zero-order valence-electron chi connectivity index (χ0n) is 13.4. The molecule has 25 heavy (non-hydrogen) atoms. The van der Waals surface area contributed by atoms with Gasteiger partial charge in [0.05, 0.1) is 5.92 Å². The molecule has 4 rings (SSSR count). The minimum Gasteiger partial charge on any atom is -0.342 e. The highest BCUT2D eigenvalue weighted by molar-refractivity contribution is 9.10. The second-order valence-electron chi connectivity index (χ2n) is 6.03. The van der Waals surface area contributed by atoms with Gasteiger partial charge in [0.2, 0.25) is 17.6 Å². The van der Waals surface area contributed by atoms with Crippen LogP contribution < -0.4 is 0 Å². The topological polar surface area (TPSA) is 59.2 Å². The summed E-state index contributed by atoms with van der Waals surface area (Å²) < 4.78 is 6.43. The Morgan fingerprint density at radius 1 is 1.28 bits per heavy atom. The Kier molecular flexibility index (Phi) is 4.67. The molecule has 1 unspecified atom stereocenters. The van der Waals surface area contributed by atoms with Crippen LogP contribution in [0.2, 0.25) is 0 Å². The summed E-state index contributed by atoms with van der Waals surface area (Å²) in [6, 6.07) is 11.9. The molecule has 1 amide bonds. The van der Waals surface area contributed by atoms with Crippen LogP contribution in [0.1, 0.15) is 23.1 Å². The van der Waals surface area contributed by atoms with E-state index in [0.717, 1.165) is 23.0 Å². The van der Waals surface area contributed by atoms with E-state index in [4.69, 9.17) is 4.52 Å². The minimum absolute atomic E-state index is 0.0208. The van der Waals surface area contributed by atoms with Crippen molar-refractivity contribution in [3.05, 3.63) is 57.0 Å². The van der Waals surface area contributed by atoms with Crippen molar-refractivity contribution in [2.45, 2.75) is 18.8 Å². The molecule has 0 saturated carbocycles. The first-order valence-electron chi connectivity index (χ1n) is 8.09. The fraction of sp³-hybridized carbons (Fsp3) is 0.278. The van der Waals surface area contributed by atoms with Gasteiger partial charge in [-0.05, 0) is 42.1 Å². The van der Waals surface area contributed by atoms with E-state index in [1.54, 1.807) is 11.3 Å². The van der Waals surface area contributed by atoms with Crippen LogP contribution in [0.4, 0.5) is 0 Å². The molecule has 1 saturated heterocycles. The lowest BCUT2D eigenvalue weighted by molar-refractivity contribution is -0.127. The van der Waals surface area contributed by atoms with Gasteiger partial charge in [-0.1, -0.05) is 27.2 Å². The zero-order chi connectivity index (χ0) is 17.2. The van der Waals surface area contributed by atoms with Gasteiger partial charge in [0, 0.05) is 34.4 Å². The summed E-state index contributed by atoms with van der Waals surface area (Å²) in [5.74, 6) is 1.24. The Morgan fingerprint density at radius 2 is 2.12 bits per heavy atom. The number of benzene rings is 1. The van der Waals surface area contributed by atoms with E-state index in [1.165, 1.54) is 4.88 Å². The molecule has 0 spiro atoms. The molecular weight excluding hydrogens is 402 g/mol. The van der Waals surface area contributed by atoms with Crippen LogP contribution in [0.3, 0.4) is 0 Å². The summed E-state index contributed by atoms with van der Waals surface area (Å²) in [5.41, 5.74) is 0.900. The molecule has 0 radical (unpaired) electrons. The lowest BCUT2D eigenvalue weighted by atomic mass is 10.1. The Bertz CT molecular complexity index is 861. The molecule has 0 N–H and O–H groups in total. The summed E-state index contributed by atoms with van der Waals surface area (Å²) in [7, 11) is 0. The number of halogens is 1. The van der Waals surface area contributed by atoms with Crippen molar-refractivity contribution < 1.29 is 9.32 Å². The van der Waals surface area contributed by atoms with E-state index < -0.39 is 0 Å². The smallest absolute Gasteiger partial charge is 0.232 e. The number of thiophene rings is 1. The number of carbonyl (C=O) groups excluding carboxylic acids is 1. The van der Waals surface area contributed by atoms with Gasteiger partial charge < -0.3 is 9.42 Å². The van der Waals surface area contributed by atoms with Crippen LogP contribution in [0, 0.1) is 0 Å². The van der Waals surface area contributed by atoms with Crippen molar-refractivity contribution in [2.75, 3.05) is 13.1 Å². The number of amides is 1. The van der Waals surface area contributed by atoms with Gasteiger partial charge in [0.15, 0.2) is 0 Å². The summed E-state index contributed by atoms with van der Waals surface area (Å²) in [4.78, 5) is 20.0. The first-order chi connectivity index (χ1) is 12.2. The summed E-state index contributed by atoms with van der Waals surface area (Å²) in [6.45, 7) is 1.38. The predicted octanol–water partition coefficient (Wildman–Crippen LogP) is 4.12. The molecule has 0 aliphatic carbocycles. The van der Waals surface area contributed by atoms with Crippen molar-refractivity contribution in [2.24, 2.45) is 0 Å². The second kappa shape index (κ2) is 7.09. The minimum atomic E-state index is -0.0208. The van der Waals surface area contributed by atoms with Crippen molar-refractivity contribution in [1.29, 1.82) is 0 Å². The maximum atomic E-state index is 12.3. The quantitative estimate of drug-likeness (QED) is 0.626. The molecule has 1 aromatic carbocycles. The van der Waals surface area contributed by atoms with E-state index in [0.29, 0.717) is 24.7 Å². The third-order valence-corrected chi connectivity index (χ3v) is 5.78. The molecule has 7 heteroatoms. The van der Waals surface area contributed by atoms with Crippen molar-refractivity contribution in [1.82, 2.24) is 15.0 Å². The monoisotopic (exact) mass is 417 g/mol. The third-order valence-electron chi connectivity index (χ3n) is 4.32. The number of nitrogens with zero attached hydrogens (tertiary/aromatic N) is 3. The average Bonchev–Trinajstić information content (AvgIpc) is 3.34. The largest absolute Gasteiger partial charge is 0.342 e. The van der Waals surface area contributed by atoms with E-state index in [2.05, 4.69) is 37.5 Å². The second-order valence-corrected chi connectivity index (χ2v) is 7.98. The predicted molar refractivity (Wildman–Crippen MR) is 99.4 cm³/mol. The van der Waals surface area contributed by atoms with Crippen LogP contribution in [0.5, 0.6) is 0 Å². The van der Waals surface area contributed by atoms with Crippen molar-refractivity contribution in [3.8, 4) is 11.4 Å². The van der Waals surface area contributed by atoms with Crippen LogP contribution >= 0.6 is 27.3 Å². The van der Waals surface area contributed by atoms with E-state index in [-0.39, 0.29) is 11.8 Å². The van der Waals surface area contributed by atoms with Gasteiger partial charge in [-0.15, -0.1) is 11.3 Å². The number of likely N-dealkylation sites (tertiary alicyclic amines) is 1. The molecule has 1 aliphatic heterocycles. The Morgan fingerprint density at radius 3 is 2.88 bits per heavy atom.